The average Bonchev–Trinajstić information content (AvgIpc) is 3.07. The molecule has 0 radical (unpaired) electrons. The molecule has 2 aliphatic rings. The van der Waals surface area contributed by atoms with Gasteiger partial charge in [-0.15, -0.1) is 0 Å². The molecule has 0 amide bonds. The third-order valence-corrected chi connectivity index (χ3v) is 5.36. The number of hydrogen-bond donors (Lipinski definition) is 1. The van der Waals surface area contributed by atoms with Crippen molar-refractivity contribution < 1.29 is 9.90 Å². The zero-order valence-electron chi connectivity index (χ0n) is 11.3. The largest absolute Gasteiger partial charge is 0.481 e. The van der Waals surface area contributed by atoms with E-state index in [9.17, 15) is 9.90 Å². The Balaban J connectivity index is 1.79. The number of hydrogen-bond acceptors (Lipinski definition) is 1. The van der Waals surface area contributed by atoms with Crippen LogP contribution in [0.3, 0.4) is 0 Å². The third kappa shape index (κ3) is 1.67. The summed E-state index contributed by atoms with van der Waals surface area (Å²) >= 11 is 0. The van der Waals surface area contributed by atoms with E-state index in [1.807, 2.05) is 12.1 Å². The Morgan fingerprint density at radius 3 is 2.55 bits per heavy atom. The number of carboxylic acid groups (broad SMARTS) is 1. The first-order valence-electron chi connectivity index (χ1n) is 7.45. The molecule has 4 rings (SSSR count). The first-order chi connectivity index (χ1) is 9.74. The minimum absolute atomic E-state index is 0.171. The van der Waals surface area contributed by atoms with E-state index >= 15 is 0 Å². The summed E-state index contributed by atoms with van der Waals surface area (Å²) in [5.41, 5.74) is 1.23. The van der Waals surface area contributed by atoms with E-state index in [0.717, 1.165) is 12.8 Å². The highest BCUT2D eigenvalue weighted by molar-refractivity contribution is 5.83. The van der Waals surface area contributed by atoms with E-state index in [0.29, 0.717) is 11.8 Å². The lowest BCUT2D eigenvalue weighted by Crippen LogP contribution is -2.27. The molecule has 2 heteroatoms. The molecule has 0 saturated heterocycles. The lowest BCUT2D eigenvalue weighted by molar-refractivity contribution is -0.144. The van der Waals surface area contributed by atoms with Crippen LogP contribution in [0.5, 0.6) is 0 Å². The van der Waals surface area contributed by atoms with E-state index in [1.54, 1.807) is 0 Å². The van der Waals surface area contributed by atoms with Crippen LogP contribution in [0.2, 0.25) is 0 Å². The van der Waals surface area contributed by atoms with Crippen LogP contribution in [-0.4, -0.2) is 11.1 Å². The van der Waals surface area contributed by atoms with E-state index in [4.69, 9.17) is 0 Å². The van der Waals surface area contributed by atoms with Crippen molar-refractivity contribution in [2.75, 3.05) is 0 Å². The second-order valence-electron chi connectivity index (χ2n) is 6.33. The smallest absolute Gasteiger partial charge is 0.307 e. The maximum absolute atomic E-state index is 11.6. The summed E-state index contributed by atoms with van der Waals surface area (Å²) in [5, 5.41) is 12.0. The highest BCUT2D eigenvalue weighted by Crippen LogP contribution is 2.56. The van der Waals surface area contributed by atoms with E-state index in [1.165, 1.54) is 22.8 Å². The number of benzene rings is 2. The van der Waals surface area contributed by atoms with Gasteiger partial charge in [0.15, 0.2) is 0 Å². The molecule has 2 fully saturated rings. The molecule has 2 aromatic carbocycles. The highest BCUT2D eigenvalue weighted by Gasteiger charge is 2.51. The van der Waals surface area contributed by atoms with Gasteiger partial charge in [0.2, 0.25) is 0 Å². The van der Waals surface area contributed by atoms with Crippen molar-refractivity contribution in [2.45, 2.75) is 25.2 Å². The molecule has 0 aromatic heterocycles. The number of aliphatic carboxylic acids is 1. The van der Waals surface area contributed by atoms with Crippen molar-refractivity contribution in [2.24, 2.45) is 17.8 Å². The SMILES string of the molecule is O=C(O)C1[C@H]2CC[C@@H](C2)[C@@H]1c1ccc2ccccc2c1. The van der Waals surface area contributed by atoms with Gasteiger partial charge in [0, 0.05) is 5.92 Å². The van der Waals surface area contributed by atoms with Crippen LogP contribution in [0.25, 0.3) is 10.8 Å². The van der Waals surface area contributed by atoms with Crippen molar-refractivity contribution in [1.29, 1.82) is 0 Å². The molecule has 2 aromatic rings. The Morgan fingerprint density at radius 1 is 1.00 bits per heavy atom. The zero-order valence-corrected chi connectivity index (χ0v) is 11.3. The van der Waals surface area contributed by atoms with Gasteiger partial charge in [-0.25, -0.2) is 0 Å². The van der Waals surface area contributed by atoms with E-state index < -0.39 is 5.97 Å². The standard InChI is InChI=1S/C18H18O2/c19-18(20)17-15-8-7-14(10-15)16(17)13-6-5-11-3-1-2-4-12(11)9-13/h1-6,9,14-17H,7-8,10H2,(H,19,20)/t14-,15-,16-,17?/m0/s1. The highest BCUT2D eigenvalue weighted by atomic mass is 16.4. The predicted octanol–water partition coefficient (Wildman–Crippen LogP) is 4.05. The van der Waals surface area contributed by atoms with Crippen LogP contribution in [-0.2, 0) is 4.79 Å². The van der Waals surface area contributed by atoms with Gasteiger partial charge < -0.3 is 5.11 Å². The fraction of sp³-hybridized carbons (Fsp3) is 0.389. The molecule has 102 valence electrons. The van der Waals surface area contributed by atoms with Crippen molar-refractivity contribution in [3.05, 3.63) is 48.0 Å². The molecule has 1 unspecified atom stereocenters. The maximum atomic E-state index is 11.6. The minimum Gasteiger partial charge on any atom is -0.481 e. The number of carboxylic acids is 1. The van der Waals surface area contributed by atoms with Gasteiger partial charge in [-0.3, -0.25) is 4.79 Å². The second-order valence-corrected chi connectivity index (χ2v) is 6.33. The summed E-state index contributed by atoms with van der Waals surface area (Å²) in [6.07, 6.45) is 3.41. The number of fused-ring (bicyclic) bond motifs is 3. The fourth-order valence-corrected chi connectivity index (χ4v) is 4.54. The van der Waals surface area contributed by atoms with Gasteiger partial charge in [-0.05, 0) is 47.4 Å². The quantitative estimate of drug-likeness (QED) is 0.890. The van der Waals surface area contributed by atoms with Gasteiger partial charge in [0.1, 0.15) is 0 Å². The third-order valence-electron chi connectivity index (χ3n) is 5.36. The van der Waals surface area contributed by atoms with E-state index in [-0.39, 0.29) is 11.8 Å². The Hall–Kier alpha value is -1.83. The lowest BCUT2D eigenvalue weighted by atomic mass is 9.75. The molecule has 4 atom stereocenters. The lowest BCUT2D eigenvalue weighted by Gasteiger charge is -2.28. The Morgan fingerprint density at radius 2 is 1.75 bits per heavy atom. The fourth-order valence-electron chi connectivity index (χ4n) is 4.54. The summed E-state index contributed by atoms with van der Waals surface area (Å²) in [7, 11) is 0. The van der Waals surface area contributed by atoms with Crippen molar-refractivity contribution in [1.82, 2.24) is 0 Å². The number of carbonyl (C=O) groups is 1. The first kappa shape index (κ1) is 12.0. The molecule has 1 N–H and O–H groups in total. The topological polar surface area (TPSA) is 37.3 Å². The molecule has 0 aliphatic heterocycles. The van der Waals surface area contributed by atoms with Gasteiger partial charge in [0.25, 0.3) is 0 Å². The summed E-state index contributed by atoms with van der Waals surface area (Å²) in [6, 6.07) is 14.8. The summed E-state index contributed by atoms with van der Waals surface area (Å²) in [4.78, 5) is 11.6. The zero-order chi connectivity index (χ0) is 13.7. The minimum atomic E-state index is -0.602. The summed E-state index contributed by atoms with van der Waals surface area (Å²) < 4.78 is 0. The first-order valence-corrected chi connectivity index (χ1v) is 7.45. The van der Waals surface area contributed by atoms with Crippen molar-refractivity contribution in [3.8, 4) is 0 Å². The molecule has 2 bridgehead atoms. The van der Waals surface area contributed by atoms with Gasteiger partial charge >= 0.3 is 5.97 Å². The number of rotatable bonds is 2. The van der Waals surface area contributed by atoms with Gasteiger partial charge in [-0.2, -0.15) is 0 Å². The predicted molar refractivity (Wildman–Crippen MR) is 78.6 cm³/mol. The summed E-state index contributed by atoms with van der Waals surface area (Å²) in [6.45, 7) is 0. The van der Waals surface area contributed by atoms with Crippen LogP contribution in [0.4, 0.5) is 0 Å². The molecule has 0 spiro atoms. The molecule has 2 saturated carbocycles. The van der Waals surface area contributed by atoms with Crippen LogP contribution < -0.4 is 0 Å². The normalized spacial score (nSPS) is 31.8. The van der Waals surface area contributed by atoms with Crippen molar-refractivity contribution >= 4 is 16.7 Å². The molecule has 0 heterocycles. The molecular formula is C18H18O2. The second kappa shape index (κ2) is 4.34. The average molecular weight is 266 g/mol. The Kier molecular flexibility index (Phi) is 2.59. The van der Waals surface area contributed by atoms with Gasteiger partial charge in [-0.1, -0.05) is 42.5 Å². The molecule has 2 aliphatic carbocycles. The molecule has 20 heavy (non-hydrogen) atoms. The van der Waals surface area contributed by atoms with Gasteiger partial charge in [0.05, 0.1) is 5.92 Å². The van der Waals surface area contributed by atoms with Crippen molar-refractivity contribution in [3.63, 3.8) is 0 Å². The Labute approximate surface area is 118 Å². The van der Waals surface area contributed by atoms with Crippen LogP contribution >= 0.6 is 0 Å². The van der Waals surface area contributed by atoms with E-state index in [2.05, 4.69) is 30.3 Å². The van der Waals surface area contributed by atoms with Crippen LogP contribution in [0, 0.1) is 17.8 Å². The van der Waals surface area contributed by atoms with Crippen LogP contribution in [0.15, 0.2) is 42.5 Å². The summed E-state index contributed by atoms with van der Waals surface area (Å²) in [5.74, 6) is 0.414. The molecule has 2 nitrogen and oxygen atoms in total. The molecular weight excluding hydrogens is 248 g/mol. The maximum Gasteiger partial charge on any atom is 0.307 e. The Bertz CT molecular complexity index is 676. The monoisotopic (exact) mass is 266 g/mol. The van der Waals surface area contributed by atoms with Crippen LogP contribution in [0.1, 0.15) is 30.7 Å².